The summed E-state index contributed by atoms with van der Waals surface area (Å²) in [7, 11) is 2.13. The number of hydrogen-bond acceptors (Lipinski definition) is 2. The van der Waals surface area contributed by atoms with Gasteiger partial charge in [-0.25, -0.2) is 0 Å². The third-order valence-corrected chi connectivity index (χ3v) is 4.47. The topological polar surface area (TPSA) is 23.6 Å². The van der Waals surface area contributed by atoms with E-state index in [1.54, 1.807) is 0 Å². The maximum Gasteiger partial charge on any atom is 0.253 e. The third kappa shape index (κ3) is 3.04. The summed E-state index contributed by atoms with van der Waals surface area (Å²) < 4.78 is 0. The minimum Gasteiger partial charge on any atom is -0.336 e. The fraction of sp³-hybridized carbons (Fsp3) is 0.588. The SMILES string of the molecule is CC(C)c1ccc(C(=O)N2CC(C)N(C)C(C)C2)cc1. The first-order valence-corrected chi connectivity index (χ1v) is 7.51. The largest absolute Gasteiger partial charge is 0.336 e. The lowest BCUT2D eigenvalue weighted by atomic mass is 10.0. The number of rotatable bonds is 2. The maximum absolute atomic E-state index is 12.6. The van der Waals surface area contributed by atoms with Crippen LogP contribution in [0.4, 0.5) is 0 Å². The molecule has 2 atom stereocenters. The van der Waals surface area contributed by atoms with Crippen molar-refractivity contribution in [2.45, 2.75) is 45.7 Å². The van der Waals surface area contributed by atoms with E-state index in [1.165, 1.54) is 5.56 Å². The van der Waals surface area contributed by atoms with Gasteiger partial charge in [-0.2, -0.15) is 0 Å². The first-order chi connectivity index (χ1) is 9.40. The second-order valence-electron chi connectivity index (χ2n) is 6.35. The minimum absolute atomic E-state index is 0.159. The Hall–Kier alpha value is -1.35. The van der Waals surface area contributed by atoms with E-state index in [0.29, 0.717) is 18.0 Å². The van der Waals surface area contributed by atoms with Crippen LogP contribution in [-0.4, -0.2) is 47.9 Å². The minimum atomic E-state index is 0.159. The Morgan fingerprint density at radius 1 is 1.10 bits per heavy atom. The molecule has 2 unspecified atom stereocenters. The van der Waals surface area contributed by atoms with Gasteiger partial charge in [-0.3, -0.25) is 9.69 Å². The quantitative estimate of drug-likeness (QED) is 0.828. The highest BCUT2D eigenvalue weighted by molar-refractivity contribution is 5.94. The molecule has 0 radical (unpaired) electrons. The molecule has 1 heterocycles. The Labute approximate surface area is 122 Å². The molecule has 1 aromatic rings. The zero-order valence-electron chi connectivity index (χ0n) is 13.3. The van der Waals surface area contributed by atoms with Crippen molar-refractivity contribution in [3.63, 3.8) is 0 Å². The number of nitrogens with zero attached hydrogens (tertiary/aromatic N) is 2. The molecule has 0 N–H and O–H groups in total. The highest BCUT2D eigenvalue weighted by Crippen LogP contribution is 2.18. The molecular formula is C17H26N2O. The van der Waals surface area contributed by atoms with Crippen molar-refractivity contribution in [2.75, 3.05) is 20.1 Å². The van der Waals surface area contributed by atoms with E-state index < -0.39 is 0 Å². The summed E-state index contributed by atoms with van der Waals surface area (Å²) in [6.07, 6.45) is 0. The van der Waals surface area contributed by atoms with Gasteiger partial charge >= 0.3 is 0 Å². The molecule has 1 aliphatic heterocycles. The van der Waals surface area contributed by atoms with Crippen LogP contribution in [0, 0.1) is 0 Å². The van der Waals surface area contributed by atoms with Gasteiger partial charge in [0.15, 0.2) is 0 Å². The summed E-state index contributed by atoms with van der Waals surface area (Å²) in [5.74, 6) is 0.662. The molecule has 3 heteroatoms. The first-order valence-electron chi connectivity index (χ1n) is 7.51. The fourth-order valence-electron chi connectivity index (χ4n) is 2.76. The van der Waals surface area contributed by atoms with Gasteiger partial charge in [-0.1, -0.05) is 26.0 Å². The summed E-state index contributed by atoms with van der Waals surface area (Å²) in [5, 5.41) is 0. The van der Waals surface area contributed by atoms with E-state index in [1.807, 2.05) is 17.0 Å². The van der Waals surface area contributed by atoms with Gasteiger partial charge in [0.1, 0.15) is 0 Å². The maximum atomic E-state index is 12.6. The number of carbonyl (C=O) groups excluding carboxylic acids is 1. The van der Waals surface area contributed by atoms with Crippen LogP contribution < -0.4 is 0 Å². The Morgan fingerprint density at radius 3 is 2.05 bits per heavy atom. The van der Waals surface area contributed by atoms with Gasteiger partial charge in [-0.05, 0) is 44.5 Å². The average molecular weight is 274 g/mol. The molecule has 3 nitrogen and oxygen atoms in total. The van der Waals surface area contributed by atoms with Crippen LogP contribution in [0.5, 0.6) is 0 Å². The third-order valence-electron chi connectivity index (χ3n) is 4.47. The van der Waals surface area contributed by atoms with Crippen LogP contribution in [0.2, 0.25) is 0 Å². The van der Waals surface area contributed by atoms with Crippen molar-refractivity contribution in [3.05, 3.63) is 35.4 Å². The van der Waals surface area contributed by atoms with Gasteiger partial charge in [0.05, 0.1) is 0 Å². The number of benzene rings is 1. The predicted molar refractivity (Wildman–Crippen MR) is 83.1 cm³/mol. The van der Waals surface area contributed by atoms with Gasteiger partial charge in [-0.15, -0.1) is 0 Å². The smallest absolute Gasteiger partial charge is 0.253 e. The summed E-state index contributed by atoms with van der Waals surface area (Å²) >= 11 is 0. The number of carbonyl (C=O) groups is 1. The molecule has 0 aliphatic carbocycles. The van der Waals surface area contributed by atoms with Gasteiger partial charge in [0.25, 0.3) is 5.91 Å². The van der Waals surface area contributed by atoms with Gasteiger partial charge in [0, 0.05) is 30.7 Å². The summed E-state index contributed by atoms with van der Waals surface area (Å²) in [4.78, 5) is 16.9. The van der Waals surface area contributed by atoms with Crippen molar-refractivity contribution in [3.8, 4) is 0 Å². The number of amides is 1. The molecule has 0 aromatic heterocycles. The number of hydrogen-bond donors (Lipinski definition) is 0. The van der Waals surface area contributed by atoms with E-state index in [4.69, 9.17) is 0 Å². The summed E-state index contributed by atoms with van der Waals surface area (Å²) in [5.41, 5.74) is 2.08. The molecule has 0 spiro atoms. The average Bonchev–Trinajstić information content (AvgIpc) is 2.43. The molecule has 1 fully saturated rings. The van der Waals surface area contributed by atoms with E-state index in [-0.39, 0.29) is 5.91 Å². The number of piperazine rings is 1. The lowest BCUT2D eigenvalue weighted by molar-refractivity contribution is 0.0414. The van der Waals surface area contributed by atoms with Crippen molar-refractivity contribution in [1.29, 1.82) is 0 Å². The molecule has 20 heavy (non-hydrogen) atoms. The van der Waals surface area contributed by atoms with E-state index in [0.717, 1.165) is 18.7 Å². The van der Waals surface area contributed by atoms with E-state index in [9.17, 15) is 4.79 Å². The van der Waals surface area contributed by atoms with E-state index >= 15 is 0 Å². The van der Waals surface area contributed by atoms with Crippen molar-refractivity contribution in [2.24, 2.45) is 0 Å². The van der Waals surface area contributed by atoms with Crippen LogP contribution >= 0.6 is 0 Å². The zero-order chi connectivity index (χ0) is 14.9. The molecule has 0 bridgehead atoms. The predicted octanol–water partition coefficient (Wildman–Crippen LogP) is 2.97. The summed E-state index contributed by atoms with van der Waals surface area (Å²) in [6, 6.07) is 8.90. The molecule has 1 aliphatic rings. The second kappa shape index (κ2) is 5.96. The van der Waals surface area contributed by atoms with Crippen molar-refractivity contribution in [1.82, 2.24) is 9.80 Å². The van der Waals surface area contributed by atoms with Gasteiger partial charge in [0.2, 0.25) is 0 Å². The lowest BCUT2D eigenvalue weighted by Crippen LogP contribution is -2.56. The molecule has 1 saturated heterocycles. The van der Waals surface area contributed by atoms with Crippen LogP contribution in [0.15, 0.2) is 24.3 Å². The van der Waals surface area contributed by atoms with Gasteiger partial charge < -0.3 is 4.90 Å². The molecule has 2 rings (SSSR count). The van der Waals surface area contributed by atoms with Crippen LogP contribution in [0.25, 0.3) is 0 Å². The number of likely N-dealkylation sites (N-methyl/N-ethyl adjacent to an activating group) is 1. The first kappa shape index (κ1) is 15.0. The standard InChI is InChI=1S/C17H26N2O/c1-12(2)15-6-8-16(9-7-15)17(20)19-10-13(3)18(5)14(4)11-19/h6-9,12-14H,10-11H2,1-5H3. The van der Waals surface area contributed by atoms with Crippen molar-refractivity contribution < 1.29 is 4.79 Å². The lowest BCUT2D eigenvalue weighted by Gasteiger charge is -2.42. The summed E-state index contributed by atoms with van der Waals surface area (Å²) in [6.45, 7) is 10.3. The Morgan fingerprint density at radius 2 is 1.60 bits per heavy atom. The monoisotopic (exact) mass is 274 g/mol. The molecule has 110 valence electrons. The normalized spacial score (nSPS) is 24.2. The molecule has 1 amide bonds. The highest BCUT2D eigenvalue weighted by atomic mass is 16.2. The van der Waals surface area contributed by atoms with Crippen LogP contribution in [0.3, 0.4) is 0 Å². The Bertz CT molecular complexity index is 454. The van der Waals surface area contributed by atoms with Crippen LogP contribution in [-0.2, 0) is 0 Å². The Balaban J connectivity index is 2.11. The fourth-order valence-corrected chi connectivity index (χ4v) is 2.76. The van der Waals surface area contributed by atoms with Crippen LogP contribution in [0.1, 0.15) is 49.5 Å². The Kier molecular flexibility index (Phi) is 4.48. The second-order valence-corrected chi connectivity index (χ2v) is 6.35. The molecule has 1 aromatic carbocycles. The molecule has 0 saturated carbocycles. The highest BCUT2D eigenvalue weighted by Gasteiger charge is 2.29. The van der Waals surface area contributed by atoms with Crippen molar-refractivity contribution >= 4 is 5.91 Å². The zero-order valence-corrected chi connectivity index (χ0v) is 13.3. The molecular weight excluding hydrogens is 248 g/mol. The van der Waals surface area contributed by atoms with E-state index in [2.05, 4.69) is 51.8 Å².